The third kappa shape index (κ3) is 7.93. The number of amides is 2. The molecule has 0 saturated carbocycles. The summed E-state index contributed by atoms with van der Waals surface area (Å²) in [5.41, 5.74) is 1.71. The minimum atomic E-state index is -0.656. The molecule has 0 unspecified atom stereocenters. The van der Waals surface area contributed by atoms with Crippen molar-refractivity contribution in [1.29, 1.82) is 0 Å². The van der Waals surface area contributed by atoms with E-state index in [-0.39, 0.29) is 18.4 Å². The van der Waals surface area contributed by atoms with Gasteiger partial charge in [0, 0.05) is 16.6 Å². The van der Waals surface area contributed by atoms with Crippen LogP contribution in [0.5, 0.6) is 5.75 Å². The number of halogens is 2. The van der Waals surface area contributed by atoms with E-state index in [2.05, 4.69) is 51.0 Å². The number of hydrogen-bond acceptors (Lipinski definition) is 3. The van der Waals surface area contributed by atoms with Crippen molar-refractivity contribution in [2.45, 2.75) is 65.6 Å². The number of rotatable bonds is 8. The van der Waals surface area contributed by atoms with Crippen molar-refractivity contribution in [1.82, 2.24) is 10.2 Å². The highest BCUT2D eigenvalue weighted by Gasteiger charge is 2.28. The number of ether oxygens (including phenoxy) is 1. The zero-order valence-corrected chi connectivity index (χ0v) is 22.7. The summed E-state index contributed by atoms with van der Waals surface area (Å²) >= 11 is 7.00. The van der Waals surface area contributed by atoms with Crippen molar-refractivity contribution < 1.29 is 14.3 Å². The van der Waals surface area contributed by atoms with Crippen molar-refractivity contribution in [2.75, 3.05) is 6.61 Å². The fourth-order valence-electron chi connectivity index (χ4n) is 3.10. The summed E-state index contributed by atoms with van der Waals surface area (Å²) in [7, 11) is 0. The molecule has 5 nitrogen and oxygen atoms in total. The zero-order chi connectivity index (χ0) is 24.1. The molecule has 2 rings (SSSR count). The van der Waals surface area contributed by atoms with E-state index in [1.165, 1.54) is 5.56 Å². The Hall–Kier alpha value is -1.86. The molecule has 0 spiro atoms. The normalized spacial score (nSPS) is 12.4. The summed E-state index contributed by atoms with van der Waals surface area (Å²) in [6.45, 7) is 11.9. The lowest BCUT2D eigenvalue weighted by atomic mass is 10.0. The van der Waals surface area contributed by atoms with Crippen molar-refractivity contribution >= 4 is 43.7 Å². The van der Waals surface area contributed by atoms with Gasteiger partial charge in [0.25, 0.3) is 5.91 Å². The average Bonchev–Trinajstić information content (AvgIpc) is 2.69. The number of nitrogens with one attached hydrogen (secondary N) is 1. The van der Waals surface area contributed by atoms with Crippen LogP contribution in [0.25, 0.3) is 0 Å². The summed E-state index contributed by atoms with van der Waals surface area (Å²) in [6, 6.07) is 12.9. The molecule has 2 amide bonds. The molecule has 0 fully saturated rings. The Labute approximate surface area is 208 Å². The standard InChI is InChI=1S/C25H32Br2N2O3/c1-16(2)19-10-11-22(21(27)13-19)32-15-23(30)29(14-18-8-7-9-20(26)12-18)17(3)24(31)28-25(4,5)6/h7-13,16-17H,14-15H2,1-6H3,(H,28,31)/t17-/m0/s1. The Morgan fingerprint density at radius 2 is 1.75 bits per heavy atom. The minimum Gasteiger partial charge on any atom is -0.483 e. The van der Waals surface area contributed by atoms with Crippen LogP contribution in [0.4, 0.5) is 0 Å². The number of carbonyl (C=O) groups excluding carboxylic acids is 2. The lowest BCUT2D eigenvalue weighted by Crippen LogP contribution is -2.53. The van der Waals surface area contributed by atoms with Crippen LogP contribution in [0.3, 0.4) is 0 Å². The van der Waals surface area contributed by atoms with Crippen LogP contribution in [0.2, 0.25) is 0 Å². The third-order valence-electron chi connectivity index (χ3n) is 4.88. The predicted octanol–water partition coefficient (Wildman–Crippen LogP) is 6.05. The van der Waals surface area contributed by atoms with E-state index >= 15 is 0 Å². The topological polar surface area (TPSA) is 58.6 Å². The first-order chi connectivity index (χ1) is 14.9. The van der Waals surface area contributed by atoms with Gasteiger partial charge in [0.2, 0.25) is 5.91 Å². The quantitative estimate of drug-likeness (QED) is 0.422. The molecule has 0 aromatic heterocycles. The second-order valence-corrected chi connectivity index (χ2v) is 11.0. The van der Waals surface area contributed by atoms with Gasteiger partial charge in [-0.1, -0.05) is 48.0 Å². The molecule has 0 radical (unpaired) electrons. The van der Waals surface area contributed by atoms with E-state index in [4.69, 9.17) is 4.74 Å². The van der Waals surface area contributed by atoms with E-state index in [1.807, 2.05) is 63.2 Å². The zero-order valence-electron chi connectivity index (χ0n) is 19.5. The Bertz CT molecular complexity index is 954. The number of benzene rings is 2. The largest absolute Gasteiger partial charge is 0.483 e. The maximum Gasteiger partial charge on any atom is 0.261 e. The summed E-state index contributed by atoms with van der Waals surface area (Å²) in [6.07, 6.45) is 0. The smallest absolute Gasteiger partial charge is 0.261 e. The van der Waals surface area contributed by atoms with E-state index in [0.717, 1.165) is 14.5 Å². The molecule has 0 aliphatic rings. The second kappa shape index (κ2) is 11.3. The molecule has 0 aliphatic heterocycles. The van der Waals surface area contributed by atoms with Gasteiger partial charge >= 0.3 is 0 Å². The van der Waals surface area contributed by atoms with Gasteiger partial charge in [-0.25, -0.2) is 0 Å². The van der Waals surface area contributed by atoms with Crippen molar-refractivity contribution in [3.63, 3.8) is 0 Å². The van der Waals surface area contributed by atoms with E-state index in [1.54, 1.807) is 11.8 Å². The van der Waals surface area contributed by atoms with Gasteiger partial charge in [0.1, 0.15) is 11.8 Å². The van der Waals surface area contributed by atoms with E-state index < -0.39 is 11.6 Å². The van der Waals surface area contributed by atoms with Crippen LogP contribution in [0.1, 0.15) is 58.6 Å². The summed E-state index contributed by atoms with van der Waals surface area (Å²) in [5.74, 6) is 0.520. The Morgan fingerprint density at radius 1 is 1.06 bits per heavy atom. The number of nitrogens with zero attached hydrogens (tertiary/aromatic N) is 1. The highest BCUT2D eigenvalue weighted by Crippen LogP contribution is 2.29. The third-order valence-corrected chi connectivity index (χ3v) is 5.99. The lowest BCUT2D eigenvalue weighted by Gasteiger charge is -2.31. The van der Waals surface area contributed by atoms with Crippen LogP contribution >= 0.6 is 31.9 Å². The fourth-order valence-corrected chi connectivity index (χ4v) is 4.06. The van der Waals surface area contributed by atoms with Gasteiger partial charge in [-0.05, 0) is 84.9 Å². The first-order valence-electron chi connectivity index (χ1n) is 10.7. The van der Waals surface area contributed by atoms with Crippen LogP contribution in [-0.4, -0.2) is 34.9 Å². The molecular formula is C25H32Br2N2O3. The monoisotopic (exact) mass is 566 g/mol. The highest BCUT2D eigenvalue weighted by molar-refractivity contribution is 9.10. The van der Waals surface area contributed by atoms with Crippen molar-refractivity contribution in [3.8, 4) is 5.75 Å². The van der Waals surface area contributed by atoms with Crippen molar-refractivity contribution in [2.24, 2.45) is 0 Å². The molecule has 2 aromatic carbocycles. The summed E-state index contributed by atoms with van der Waals surface area (Å²) < 4.78 is 7.54. The van der Waals surface area contributed by atoms with E-state index in [9.17, 15) is 9.59 Å². The lowest BCUT2D eigenvalue weighted by molar-refractivity contribution is -0.142. The molecule has 7 heteroatoms. The summed E-state index contributed by atoms with van der Waals surface area (Å²) in [4.78, 5) is 27.6. The molecule has 0 heterocycles. The maximum absolute atomic E-state index is 13.2. The molecule has 1 N–H and O–H groups in total. The Kier molecular flexibility index (Phi) is 9.34. The molecule has 0 bridgehead atoms. The molecule has 0 saturated heterocycles. The van der Waals surface area contributed by atoms with Crippen LogP contribution < -0.4 is 10.1 Å². The Morgan fingerprint density at radius 3 is 2.31 bits per heavy atom. The molecule has 0 aliphatic carbocycles. The first kappa shape index (κ1) is 26.4. The van der Waals surface area contributed by atoms with Gasteiger partial charge in [0.15, 0.2) is 6.61 Å². The van der Waals surface area contributed by atoms with Gasteiger partial charge in [-0.15, -0.1) is 0 Å². The van der Waals surface area contributed by atoms with Crippen LogP contribution in [0.15, 0.2) is 51.4 Å². The second-order valence-electron chi connectivity index (χ2n) is 9.20. The molecule has 32 heavy (non-hydrogen) atoms. The molecule has 1 atom stereocenters. The van der Waals surface area contributed by atoms with Crippen molar-refractivity contribution in [3.05, 3.63) is 62.5 Å². The number of carbonyl (C=O) groups is 2. The van der Waals surface area contributed by atoms with Gasteiger partial charge in [-0.2, -0.15) is 0 Å². The minimum absolute atomic E-state index is 0.166. The highest BCUT2D eigenvalue weighted by atomic mass is 79.9. The van der Waals surface area contributed by atoms with Gasteiger partial charge < -0.3 is 15.0 Å². The molecular weight excluding hydrogens is 536 g/mol. The molecule has 174 valence electrons. The maximum atomic E-state index is 13.2. The Balaban J connectivity index is 2.20. The average molecular weight is 568 g/mol. The SMILES string of the molecule is CC(C)c1ccc(OCC(=O)N(Cc2cccc(Br)c2)[C@@H](C)C(=O)NC(C)(C)C)c(Br)c1. The number of hydrogen-bond donors (Lipinski definition) is 1. The molecule has 2 aromatic rings. The predicted molar refractivity (Wildman–Crippen MR) is 136 cm³/mol. The first-order valence-corrected chi connectivity index (χ1v) is 12.2. The fraction of sp³-hybridized carbons (Fsp3) is 0.440. The van der Waals surface area contributed by atoms with E-state index in [0.29, 0.717) is 18.2 Å². The van der Waals surface area contributed by atoms with Crippen LogP contribution in [-0.2, 0) is 16.1 Å². The summed E-state index contributed by atoms with van der Waals surface area (Å²) in [5, 5.41) is 2.96. The van der Waals surface area contributed by atoms with Gasteiger partial charge in [-0.3, -0.25) is 9.59 Å². The van der Waals surface area contributed by atoms with Gasteiger partial charge in [0.05, 0.1) is 4.47 Å². The van der Waals surface area contributed by atoms with Crippen LogP contribution in [0, 0.1) is 0 Å².